The Morgan fingerprint density at radius 1 is 1.50 bits per heavy atom. The summed E-state index contributed by atoms with van der Waals surface area (Å²) >= 11 is 0. The fourth-order valence-corrected chi connectivity index (χ4v) is 1.19. The average molecular weight is 161 g/mol. The molecule has 0 unspecified atom stereocenters. The monoisotopic (exact) mass is 161 g/mol. The van der Waals surface area contributed by atoms with E-state index < -0.39 is 0 Å². The molecule has 0 spiro atoms. The molecule has 0 aliphatic carbocycles. The molecule has 1 aromatic heterocycles. The molecule has 1 radical (unpaired) electrons. The minimum absolute atomic E-state index is 0.671. The minimum Gasteiger partial charge on any atom is -0.493 e. The summed E-state index contributed by atoms with van der Waals surface area (Å²) in [5, 5.41) is 1.94. The molecule has 2 nitrogen and oxygen atoms in total. The Kier molecular flexibility index (Phi) is 1.74. The van der Waals surface area contributed by atoms with Crippen LogP contribution in [0.3, 0.4) is 0 Å². The fraction of sp³-hybridized carbons (Fsp3) is 0.200. The van der Waals surface area contributed by atoms with Gasteiger partial charge in [0.05, 0.1) is 12.0 Å². The van der Waals surface area contributed by atoms with E-state index in [1.807, 2.05) is 25.1 Å². The third kappa shape index (κ3) is 1.05. The SMILES string of the molecule is CCOc1cccc2[c]occ12. The van der Waals surface area contributed by atoms with Gasteiger partial charge in [-0.3, -0.25) is 0 Å². The Labute approximate surface area is 70.8 Å². The van der Waals surface area contributed by atoms with E-state index in [0.717, 1.165) is 16.5 Å². The van der Waals surface area contributed by atoms with Crippen LogP contribution >= 0.6 is 0 Å². The quantitative estimate of drug-likeness (QED) is 0.675. The van der Waals surface area contributed by atoms with E-state index >= 15 is 0 Å². The van der Waals surface area contributed by atoms with Crippen LogP contribution in [0.2, 0.25) is 0 Å². The number of hydrogen-bond acceptors (Lipinski definition) is 2. The maximum atomic E-state index is 5.40. The van der Waals surface area contributed by atoms with E-state index in [0.29, 0.717) is 6.61 Å². The molecular weight excluding hydrogens is 152 g/mol. The van der Waals surface area contributed by atoms with Crippen molar-refractivity contribution in [1.82, 2.24) is 0 Å². The van der Waals surface area contributed by atoms with Crippen molar-refractivity contribution in [2.24, 2.45) is 0 Å². The summed E-state index contributed by atoms with van der Waals surface area (Å²) in [4.78, 5) is 0. The van der Waals surface area contributed by atoms with E-state index in [2.05, 4.69) is 6.26 Å². The highest BCUT2D eigenvalue weighted by Gasteiger charge is 2.02. The van der Waals surface area contributed by atoms with E-state index in [1.54, 1.807) is 6.26 Å². The number of furan rings is 1. The van der Waals surface area contributed by atoms with Crippen LogP contribution in [0.15, 0.2) is 28.9 Å². The van der Waals surface area contributed by atoms with Crippen LogP contribution < -0.4 is 4.74 Å². The van der Waals surface area contributed by atoms with Gasteiger partial charge in [-0.25, -0.2) is 0 Å². The van der Waals surface area contributed by atoms with Crippen molar-refractivity contribution in [2.45, 2.75) is 6.92 Å². The van der Waals surface area contributed by atoms with Crippen molar-refractivity contribution < 1.29 is 9.15 Å². The van der Waals surface area contributed by atoms with Crippen molar-refractivity contribution >= 4 is 10.8 Å². The third-order valence-corrected chi connectivity index (χ3v) is 1.71. The van der Waals surface area contributed by atoms with Gasteiger partial charge in [-0.05, 0) is 13.0 Å². The summed E-state index contributed by atoms with van der Waals surface area (Å²) in [6, 6.07) is 5.80. The lowest BCUT2D eigenvalue weighted by atomic mass is 10.2. The van der Waals surface area contributed by atoms with Crippen molar-refractivity contribution in [3.8, 4) is 5.75 Å². The summed E-state index contributed by atoms with van der Waals surface area (Å²) < 4.78 is 10.3. The minimum atomic E-state index is 0.671. The molecule has 2 aromatic rings. The molecule has 0 aliphatic heterocycles. The van der Waals surface area contributed by atoms with Gasteiger partial charge in [0.1, 0.15) is 12.0 Å². The first-order valence-electron chi connectivity index (χ1n) is 3.92. The smallest absolute Gasteiger partial charge is 0.177 e. The lowest BCUT2D eigenvalue weighted by molar-refractivity contribution is 0.344. The van der Waals surface area contributed by atoms with Gasteiger partial charge in [-0.2, -0.15) is 0 Å². The molecular formula is C10H9O2. The molecule has 0 aliphatic rings. The van der Waals surface area contributed by atoms with Gasteiger partial charge >= 0.3 is 0 Å². The second-order valence-corrected chi connectivity index (χ2v) is 2.49. The van der Waals surface area contributed by atoms with E-state index in [4.69, 9.17) is 9.15 Å². The van der Waals surface area contributed by atoms with Crippen molar-refractivity contribution in [2.75, 3.05) is 6.61 Å². The number of rotatable bonds is 2. The summed E-state index contributed by atoms with van der Waals surface area (Å²) in [6.07, 6.45) is 4.42. The summed E-state index contributed by atoms with van der Waals surface area (Å²) in [7, 11) is 0. The Morgan fingerprint density at radius 3 is 3.25 bits per heavy atom. The molecule has 0 atom stereocenters. The van der Waals surface area contributed by atoms with Gasteiger partial charge in [-0.15, -0.1) is 0 Å². The normalized spacial score (nSPS) is 10.4. The van der Waals surface area contributed by atoms with E-state index in [1.165, 1.54) is 0 Å². The van der Waals surface area contributed by atoms with Crippen LogP contribution in [-0.2, 0) is 0 Å². The molecule has 0 bridgehead atoms. The predicted octanol–water partition coefficient (Wildman–Crippen LogP) is 2.63. The Morgan fingerprint density at radius 2 is 2.42 bits per heavy atom. The second-order valence-electron chi connectivity index (χ2n) is 2.49. The fourth-order valence-electron chi connectivity index (χ4n) is 1.19. The Hall–Kier alpha value is -1.44. The molecule has 2 rings (SSSR count). The number of benzene rings is 1. The zero-order valence-electron chi connectivity index (χ0n) is 6.83. The maximum absolute atomic E-state index is 5.40. The molecule has 0 amide bonds. The Balaban J connectivity index is 2.57. The third-order valence-electron chi connectivity index (χ3n) is 1.71. The lowest BCUT2D eigenvalue weighted by Gasteiger charge is -2.02. The van der Waals surface area contributed by atoms with Crippen LogP contribution in [0, 0.1) is 6.26 Å². The highest BCUT2D eigenvalue weighted by Crippen LogP contribution is 2.25. The first-order valence-corrected chi connectivity index (χ1v) is 3.92. The number of ether oxygens (including phenoxy) is 1. The molecule has 0 saturated carbocycles. The van der Waals surface area contributed by atoms with Gasteiger partial charge in [0, 0.05) is 5.39 Å². The highest BCUT2D eigenvalue weighted by molar-refractivity contribution is 5.86. The van der Waals surface area contributed by atoms with Crippen LogP contribution in [0.1, 0.15) is 6.92 Å². The predicted molar refractivity (Wildman–Crippen MR) is 46.2 cm³/mol. The van der Waals surface area contributed by atoms with Crippen LogP contribution in [0.5, 0.6) is 5.75 Å². The molecule has 2 heteroatoms. The van der Waals surface area contributed by atoms with Crippen molar-refractivity contribution in [3.63, 3.8) is 0 Å². The van der Waals surface area contributed by atoms with E-state index in [-0.39, 0.29) is 0 Å². The molecule has 61 valence electrons. The second kappa shape index (κ2) is 2.89. The first kappa shape index (κ1) is 7.22. The van der Waals surface area contributed by atoms with E-state index in [9.17, 15) is 0 Å². The van der Waals surface area contributed by atoms with Gasteiger partial charge in [0.25, 0.3) is 0 Å². The maximum Gasteiger partial charge on any atom is 0.177 e. The highest BCUT2D eigenvalue weighted by atomic mass is 16.5. The first-order chi connectivity index (χ1) is 5.92. The molecule has 0 saturated heterocycles. The van der Waals surface area contributed by atoms with Gasteiger partial charge in [-0.1, -0.05) is 12.1 Å². The van der Waals surface area contributed by atoms with Crippen LogP contribution in [0.25, 0.3) is 10.8 Å². The number of fused-ring (bicyclic) bond motifs is 1. The summed E-state index contributed by atoms with van der Waals surface area (Å²) in [5.41, 5.74) is 0. The lowest BCUT2D eigenvalue weighted by Crippen LogP contribution is -1.90. The summed E-state index contributed by atoms with van der Waals surface area (Å²) in [6.45, 7) is 2.63. The zero-order chi connectivity index (χ0) is 8.39. The molecule has 1 aromatic carbocycles. The van der Waals surface area contributed by atoms with Crippen molar-refractivity contribution in [1.29, 1.82) is 0 Å². The molecule has 12 heavy (non-hydrogen) atoms. The average Bonchev–Trinajstić information content (AvgIpc) is 2.53. The number of hydrogen-bond donors (Lipinski definition) is 0. The van der Waals surface area contributed by atoms with Gasteiger partial charge in [0.2, 0.25) is 0 Å². The standard InChI is InChI=1S/C10H9O2/c1-2-12-10-5-3-4-8-6-11-7-9(8)10/h3-5,7H,2H2,1H3. The van der Waals surface area contributed by atoms with Crippen molar-refractivity contribution in [3.05, 3.63) is 30.7 Å². The summed E-state index contributed by atoms with van der Waals surface area (Å²) in [5.74, 6) is 0.861. The van der Waals surface area contributed by atoms with Crippen LogP contribution in [0.4, 0.5) is 0 Å². The Bertz CT molecular complexity index is 376. The molecule has 0 N–H and O–H groups in total. The molecule has 1 heterocycles. The van der Waals surface area contributed by atoms with Gasteiger partial charge < -0.3 is 9.15 Å². The van der Waals surface area contributed by atoms with Crippen LogP contribution in [-0.4, -0.2) is 6.61 Å². The molecule has 0 fully saturated rings. The zero-order valence-corrected chi connectivity index (χ0v) is 6.83. The largest absolute Gasteiger partial charge is 0.493 e. The van der Waals surface area contributed by atoms with Gasteiger partial charge in [0.15, 0.2) is 6.26 Å². The topological polar surface area (TPSA) is 22.4 Å².